The lowest BCUT2D eigenvalue weighted by Gasteiger charge is -2.27. The highest BCUT2D eigenvalue weighted by atomic mass is 16.5. The minimum Gasteiger partial charge on any atom is -0.388 e. The van der Waals surface area contributed by atoms with E-state index in [9.17, 15) is 0 Å². The second-order valence-electron chi connectivity index (χ2n) is 6.22. The lowest BCUT2D eigenvalue weighted by Crippen LogP contribution is -2.34. The number of ether oxygens (including phenoxy) is 2. The van der Waals surface area contributed by atoms with E-state index in [0.29, 0.717) is 24.3 Å². The summed E-state index contributed by atoms with van der Waals surface area (Å²) in [7, 11) is 0. The summed E-state index contributed by atoms with van der Waals surface area (Å²) >= 11 is 0. The summed E-state index contributed by atoms with van der Waals surface area (Å²) in [6.45, 7) is 9.40. The number of rotatable bonds is 8. The molecule has 5 nitrogen and oxygen atoms in total. The fraction of sp³-hybridized carbons (Fsp3) is 0.182. The molecule has 2 aromatic rings. The monoisotopic (exact) mass is 359 g/mol. The zero-order valence-corrected chi connectivity index (χ0v) is 15.2. The van der Waals surface area contributed by atoms with Crippen LogP contribution in [0.25, 0.3) is 0 Å². The van der Waals surface area contributed by atoms with Crippen LogP contribution >= 0.6 is 0 Å². The minimum absolute atomic E-state index is 0.488. The molecule has 0 bridgehead atoms. The maximum Gasteiger partial charge on any atom is 0.292 e. The predicted molar refractivity (Wildman–Crippen MR) is 104 cm³/mol. The summed E-state index contributed by atoms with van der Waals surface area (Å²) in [6.07, 6.45) is 7.99. The second kappa shape index (κ2) is 8.71. The van der Waals surface area contributed by atoms with Gasteiger partial charge in [0, 0.05) is 11.1 Å². The summed E-state index contributed by atoms with van der Waals surface area (Å²) in [6, 6.07) is 11.0. The van der Waals surface area contributed by atoms with Crippen molar-refractivity contribution in [1.82, 2.24) is 0 Å². The van der Waals surface area contributed by atoms with Gasteiger partial charge in [-0.05, 0) is 55.2 Å². The van der Waals surface area contributed by atoms with Gasteiger partial charge in [-0.2, -0.15) is 0 Å². The van der Waals surface area contributed by atoms with E-state index < -0.39 is 5.54 Å². The first-order valence-corrected chi connectivity index (χ1v) is 8.37. The van der Waals surface area contributed by atoms with Crippen molar-refractivity contribution >= 4 is 0 Å². The molecule has 136 valence electrons. The van der Waals surface area contributed by atoms with Crippen molar-refractivity contribution in [1.29, 1.82) is 10.5 Å². The van der Waals surface area contributed by atoms with Crippen LogP contribution in [0, 0.1) is 23.0 Å². The molecule has 5 heteroatoms. The van der Waals surface area contributed by atoms with Crippen LogP contribution in [0.2, 0.25) is 0 Å². The molecule has 0 saturated carbocycles. The maximum absolute atomic E-state index is 8.80. The molecule has 0 unspecified atom stereocenters. The Labute approximate surface area is 159 Å². The molecular weight excluding hydrogens is 338 g/mol. The van der Waals surface area contributed by atoms with E-state index in [4.69, 9.17) is 25.7 Å². The molecule has 0 aromatic heterocycles. The van der Waals surface area contributed by atoms with Crippen LogP contribution in [0.3, 0.4) is 0 Å². The van der Waals surface area contributed by atoms with Crippen molar-refractivity contribution in [2.75, 3.05) is 0 Å². The Hall–Kier alpha value is -3.54. The lowest BCUT2D eigenvalue weighted by atomic mass is 9.83. The first-order valence-electron chi connectivity index (χ1n) is 8.37. The first-order chi connectivity index (χ1) is 13.0. The average Bonchev–Trinajstić information content (AvgIpc) is 2.65. The molecule has 0 aliphatic rings. The summed E-state index contributed by atoms with van der Waals surface area (Å²) < 4.78 is 10.0. The third kappa shape index (κ3) is 4.36. The van der Waals surface area contributed by atoms with Crippen LogP contribution in [-0.4, -0.2) is 0 Å². The van der Waals surface area contributed by atoms with Gasteiger partial charge in [-0.25, -0.2) is 0 Å². The molecule has 0 fully saturated rings. The van der Waals surface area contributed by atoms with Crippen molar-refractivity contribution in [2.45, 2.75) is 25.3 Å². The van der Waals surface area contributed by atoms with E-state index in [-0.39, 0.29) is 0 Å². The Morgan fingerprint density at radius 2 is 1.33 bits per heavy atom. The SMILES string of the molecule is C=CCc1cc(C(C)(N)c2ccc(OC#N)c(CC=C)c2)ccc1OC#N. The molecule has 0 spiro atoms. The van der Waals surface area contributed by atoms with Gasteiger partial charge >= 0.3 is 0 Å². The summed E-state index contributed by atoms with van der Waals surface area (Å²) in [4.78, 5) is 0. The predicted octanol–water partition coefficient (Wildman–Crippen LogP) is 4.09. The first kappa shape index (κ1) is 19.8. The van der Waals surface area contributed by atoms with Gasteiger partial charge in [0.05, 0.1) is 5.54 Å². The van der Waals surface area contributed by atoms with Crippen molar-refractivity contribution in [3.05, 3.63) is 84.0 Å². The summed E-state index contributed by atoms with van der Waals surface area (Å²) in [5.41, 5.74) is 9.26. The lowest BCUT2D eigenvalue weighted by molar-refractivity contribution is 0.498. The standard InChI is InChI=1S/C22H21N3O2/c1-4-6-16-12-18(8-10-20(16)26-14-23)22(3,25)19-9-11-21(27-15-24)17(13-19)7-5-2/h4-5,8-13H,1-2,6-7,25H2,3H3. The molecule has 0 atom stereocenters. The topological polar surface area (TPSA) is 92.1 Å². The van der Waals surface area contributed by atoms with Gasteiger partial charge in [0.2, 0.25) is 0 Å². The van der Waals surface area contributed by atoms with Crippen LogP contribution in [-0.2, 0) is 18.4 Å². The summed E-state index contributed by atoms with van der Waals surface area (Å²) in [5, 5.41) is 17.6. The van der Waals surface area contributed by atoms with E-state index >= 15 is 0 Å². The zero-order chi connectivity index (χ0) is 19.9. The number of nitrogens with zero attached hydrogens (tertiary/aromatic N) is 2. The van der Waals surface area contributed by atoms with Gasteiger partial charge in [-0.3, -0.25) is 0 Å². The Morgan fingerprint density at radius 1 is 0.926 bits per heavy atom. The fourth-order valence-corrected chi connectivity index (χ4v) is 2.90. The number of allylic oxidation sites excluding steroid dienone is 2. The largest absolute Gasteiger partial charge is 0.388 e. The van der Waals surface area contributed by atoms with E-state index in [1.54, 1.807) is 36.8 Å². The second-order valence-corrected chi connectivity index (χ2v) is 6.22. The normalized spacial score (nSPS) is 10.4. The highest BCUT2D eigenvalue weighted by Gasteiger charge is 2.26. The van der Waals surface area contributed by atoms with E-state index in [1.165, 1.54) is 0 Å². The Kier molecular flexibility index (Phi) is 6.38. The molecule has 0 radical (unpaired) electrons. The molecule has 27 heavy (non-hydrogen) atoms. The number of hydrogen-bond donors (Lipinski definition) is 1. The van der Waals surface area contributed by atoms with Gasteiger partial charge in [-0.15, -0.1) is 23.7 Å². The van der Waals surface area contributed by atoms with Crippen LogP contribution in [0.15, 0.2) is 61.7 Å². The summed E-state index contributed by atoms with van der Waals surface area (Å²) in [5.74, 6) is 0.976. The van der Waals surface area contributed by atoms with Crippen molar-refractivity contribution in [2.24, 2.45) is 5.73 Å². The molecule has 0 amide bonds. The van der Waals surface area contributed by atoms with Gasteiger partial charge < -0.3 is 15.2 Å². The van der Waals surface area contributed by atoms with Gasteiger partial charge in [0.15, 0.2) is 0 Å². The highest BCUT2D eigenvalue weighted by Crippen LogP contribution is 2.33. The average molecular weight is 359 g/mol. The van der Waals surface area contributed by atoms with Crippen LogP contribution in [0.1, 0.15) is 29.2 Å². The zero-order valence-electron chi connectivity index (χ0n) is 15.2. The Morgan fingerprint density at radius 3 is 1.67 bits per heavy atom. The molecule has 2 aromatic carbocycles. The fourth-order valence-electron chi connectivity index (χ4n) is 2.90. The smallest absolute Gasteiger partial charge is 0.292 e. The van der Waals surface area contributed by atoms with Gasteiger partial charge in [0.25, 0.3) is 12.5 Å². The minimum atomic E-state index is -0.803. The highest BCUT2D eigenvalue weighted by molar-refractivity contribution is 5.48. The van der Waals surface area contributed by atoms with E-state index in [0.717, 1.165) is 22.3 Å². The molecule has 2 N–H and O–H groups in total. The number of nitrogens with two attached hydrogens (primary N) is 1. The maximum atomic E-state index is 8.80. The number of nitriles is 2. The molecule has 0 heterocycles. The van der Waals surface area contributed by atoms with Crippen molar-refractivity contribution < 1.29 is 9.47 Å². The third-order valence-corrected chi connectivity index (χ3v) is 4.36. The van der Waals surface area contributed by atoms with Crippen molar-refractivity contribution in [3.63, 3.8) is 0 Å². The third-order valence-electron chi connectivity index (χ3n) is 4.36. The molecule has 0 aliphatic heterocycles. The van der Waals surface area contributed by atoms with E-state index in [2.05, 4.69) is 13.2 Å². The Bertz CT molecular complexity index is 858. The van der Waals surface area contributed by atoms with Crippen LogP contribution < -0.4 is 15.2 Å². The molecule has 2 rings (SSSR count). The Balaban J connectivity index is 2.51. The van der Waals surface area contributed by atoms with Crippen LogP contribution in [0.4, 0.5) is 0 Å². The molecule has 0 aliphatic carbocycles. The van der Waals surface area contributed by atoms with Gasteiger partial charge in [0.1, 0.15) is 11.5 Å². The van der Waals surface area contributed by atoms with Gasteiger partial charge in [-0.1, -0.05) is 24.3 Å². The number of benzene rings is 2. The van der Waals surface area contributed by atoms with E-state index in [1.807, 2.05) is 31.2 Å². The van der Waals surface area contributed by atoms with Crippen molar-refractivity contribution in [3.8, 4) is 24.0 Å². The molecule has 0 saturated heterocycles. The number of hydrogen-bond acceptors (Lipinski definition) is 5. The van der Waals surface area contributed by atoms with Crippen LogP contribution in [0.5, 0.6) is 11.5 Å². The quantitative estimate of drug-likeness (QED) is 0.566. The molecular formula is C22H21N3O2.